The van der Waals surface area contributed by atoms with E-state index in [0.717, 1.165) is 12.0 Å². The van der Waals surface area contributed by atoms with Gasteiger partial charge in [0.25, 0.3) is 0 Å². The Labute approximate surface area is 108 Å². The highest BCUT2D eigenvalue weighted by Gasteiger charge is 2.11. The summed E-state index contributed by atoms with van der Waals surface area (Å²) in [6.45, 7) is 2.79. The number of methoxy groups -OCH3 is 2. The molecule has 0 aliphatic heterocycles. The van der Waals surface area contributed by atoms with Gasteiger partial charge in [-0.1, -0.05) is 13.0 Å². The van der Waals surface area contributed by atoms with E-state index in [0.29, 0.717) is 18.9 Å². The molecule has 0 saturated heterocycles. The van der Waals surface area contributed by atoms with Crippen molar-refractivity contribution < 1.29 is 13.9 Å². The Morgan fingerprint density at radius 1 is 1.33 bits per heavy atom. The molecule has 18 heavy (non-hydrogen) atoms. The second kappa shape index (κ2) is 7.34. The third-order valence-electron chi connectivity index (χ3n) is 2.87. The lowest BCUT2D eigenvalue weighted by atomic mass is 9.97. The number of benzene rings is 1. The first kappa shape index (κ1) is 14.9. The molecule has 0 heterocycles. The number of halogens is 1. The van der Waals surface area contributed by atoms with Gasteiger partial charge in [0.15, 0.2) is 11.6 Å². The summed E-state index contributed by atoms with van der Waals surface area (Å²) < 4.78 is 23.4. The summed E-state index contributed by atoms with van der Waals surface area (Å²) in [6.07, 6.45) is 1.52. The zero-order valence-corrected chi connectivity index (χ0v) is 11.3. The van der Waals surface area contributed by atoms with Crippen LogP contribution in [0.2, 0.25) is 0 Å². The van der Waals surface area contributed by atoms with E-state index in [1.54, 1.807) is 13.2 Å². The molecule has 102 valence electrons. The highest BCUT2D eigenvalue weighted by atomic mass is 19.1. The maximum Gasteiger partial charge on any atom is 0.165 e. The zero-order chi connectivity index (χ0) is 13.5. The van der Waals surface area contributed by atoms with Crippen molar-refractivity contribution in [2.75, 3.05) is 20.8 Å². The van der Waals surface area contributed by atoms with Crippen molar-refractivity contribution in [3.05, 3.63) is 29.6 Å². The topological polar surface area (TPSA) is 44.5 Å². The van der Waals surface area contributed by atoms with Crippen molar-refractivity contribution in [1.29, 1.82) is 0 Å². The largest absolute Gasteiger partial charge is 0.494 e. The normalized spacial score (nSPS) is 14.3. The second-order valence-electron chi connectivity index (χ2n) is 4.73. The molecule has 0 saturated carbocycles. The van der Waals surface area contributed by atoms with E-state index in [1.807, 2.05) is 6.07 Å². The Morgan fingerprint density at radius 3 is 2.61 bits per heavy atom. The summed E-state index contributed by atoms with van der Waals surface area (Å²) in [5.41, 5.74) is 6.94. The maximum atomic E-state index is 13.5. The fourth-order valence-electron chi connectivity index (χ4n) is 2.09. The summed E-state index contributed by atoms with van der Waals surface area (Å²) in [7, 11) is 3.14. The Bertz CT molecular complexity index is 371. The number of nitrogens with two attached hydrogens (primary N) is 1. The fraction of sp³-hybridized carbons (Fsp3) is 0.571. The molecular weight excluding hydrogens is 233 g/mol. The van der Waals surface area contributed by atoms with Gasteiger partial charge in [-0.3, -0.25) is 0 Å². The van der Waals surface area contributed by atoms with E-state index in [9.17, 15) is 4.39 Å². The molecule has 0 bridgehead atoms. The fourth-order valence-corrected chi connectivity index (χ4v) is 2.09. The molecule has 0 aliphatic carbocycles. The average Bonchev–Trinajstić information content (AvgIpc) is 2.29. The van der Waals surface area contributed by atoms with Crippen LogP contribution in [0.4, 0.5) is 4.39 Å². The standard InChI is InChI=1S/C14H22FNO2/c1-10(9-17-2)6-12(16)7-11-4-5-14(18-3)13(15)8-11/h4-5,8,10,12H,6-7,9,16H2,1-3H3. The first-order valence-corrected chi connectivity index (χ1v) is 6.13. The molecule has 0 amide bonds. The van der Waals surface area contributed by atoms with Crippen LogP contribution in [-0.4, -0.2) is 26.9 Å². The molecular formula is C14H22FNO2. The molecule has 0 radical (unpaired) electrons. The maximum absolute atomic E-state index is 13.5. The molecule has 3 nitrogen and oxygen atoms in total. The SMILES string of the molecule is COCC(C)CC(N)Cc1ccc(OC)c(F)c1. The van der Waals surface area contributed by atoms with E-state index in [1.165, 1.54) is 13.2 Å². The van der Waals surface area contributed by atoms with Crippen molar-refractivity contribution in [2.24, 2.45) is 11.7 Å². The van der Waals surface area contributed by atoms with Crippen LogP contribution in [0.25, 0.3) is 0 Å². The quantitative estimate of drug-likeness (QED) is 0.813. The lowest BCUT2D eigenvalue weighted by Crippen LogP contribution is -2.26. The van der Waals surface area contributed by atoms with Gasteiger partial charge in [-0.05, 0) is 36.5 Å². The van der Waals surface area contributed by atoms with Crippen LogP contribution in [0, 0.1) is 11.7 Å². The van der Waals surface area contributed by atoms with Gasteiger partial charge >= 0.3 is 0 Å². The van der Waals surface area contributed by atoms with Gasteiger partial charge < -0.3 is 15.2 Å². The van der Waals surface area contributed by atoms with Gasteiger partial charge in [0.2, 0.25) is 0 Å². The van der Waals surface area contributed by atoms with Gasteiger partial charge in [-0.15, -0.1) is 0 Å². The number of ether oxygens (including phenoxy) is 2. The van der Waals surface area contributed by atoms with Crippen molar-refractivity contribution in [2.45, 2.75) is 25.8 Å². The smallest absolute Gasteiger partial charge is 0.165 e. The first-order chi connectivity index (χ1) is 8.56. The van der Waals surface area contributed by atoms with Crippen LogP contribution in [-0.2, 0) is 11.2 Å². The van der Waals surface area contributed by atoms with Crippen molar-refractivity contribution in [1.82, 2.24) is 0 Å². The molecule has 0 fully saturated rings. The third-order valence-corrected chi connectivity index (χ3v) is 2.87. The summed E-state index contributed by atoms with van der Waals surface area (Å²) in [5.74, 6) is 0.334. The highest BCUT2D eigenvalue weighted by Crippen LogP contribution is 2.19. The minimum absolute atomic E-state index is 0.0166. The van der Waals surface area contributed by atoms with Gasteiger partial charge in [0, 0.05) is 19.8 Å². The summed E-state index contributed by atoms with van der Waals surface area (Å²) in [5, 5.41) is 0. The molecule has 4 heteroatoms. The van der Waals surface area contributed by atoms with E-state index < -0.39 is 0 Å². The van der Waals surface area contributed by atoms with E-state index >= 15 is 0 Å². The number of hydrogen-bond acceptors (Lipinski definition) is 3. The molecule has 1 rings (SSSR count). The van der Waals surface area contributed by atoms with Gasteiger partial charge in [0.1, 0.15) is 0 Å². The van der Waals surface area contributed by atoms with Crippen LogP contribution < -0.4 is 10.5 Å². The Morgan fingerprint density at radius 2 is 2.06 bits per heavy atom. The van der Waals surface area contributed by atoms with Crippen molar-refractivity contribution in [3.8, 4) is 5.75 Å². The van der Waals surface area contributed by atoms with Crippen LogP contribution in [0.1, 0.15) is 18.9 Å². The molecule has 0 spiro atoms. The predicted octanol–water partition coefficient (Wildman–Crippen LogP) is 2.38. The Hall–Kier alpha value is -1.13. The van der Waals surface area contributed by atoms with Crippen molar-refractivity contribution in [3.63, 3.8) is 0 Å². The molecule has 0 aliphatic rings. The third kappa shape index (κ3) is 4.63. The number of rotatable bonds is 7. The second-order valence-corrected chi connectivity index (χ2v) is 4.73. The minimum Gasteiger partial charge on any atom is -0.494 e. The minimum atomic E-state index is -0.341. The molecule has 0 aromatic heterocycles. The van der Waals surface area contributed by atoms with Crippen LogP contribution in [0.3, 0.4) is 0 Å². The molecule has 2 N–H and O–H groups in total. The van der Waals surface area contributed by atoms with E-state index in [-0.39, 0.29) is 17.6 Å². The van der Waals surface area contributed by atoms with E-state index in [2.05, 4.69) is 6.92 Å². The monoisotopic (exact) mass is 255 g/mol. The highest BCUT2D eigenvalue weighted by molar-refractivity contribution is 5.29. The van der Waals surface area contributed by atoms with Crippen LogP contribution >= 0.6 is 0 Å². The Kier molecular flexibility index (Phi) is 6.09. The molecule has 1 aromatic rings. The first-order valence-electron chi connectivity index (χ1n) is 6.13. The molecule has 1 aromatic carbocycles. The lowest BCUT2D eigenvalue weighted by Gasteiger charge is -2.17. The Balaban J connectivity index is 2.54. The van der Waals surface area contributed by atoms with Gasteiger partial charge in [-0.25, -0.2) is 4.39 Å². The van der Waals surface area contributed by atoms with Crippen LogP contribution in [0.5, 0.6) is 5.75 Å². The zero-order valence-electron chi connectivity index (χ0n) is 11.3. The summed E-state index contributed by atoms with van der Waals surface area (Å²) in [4.78, 5) is 0. The van der Waals surface area contributed by atoms with Gasteiger partial charge in [0.05, 0.1) is 7.11 Å². The summed E-state index contributed by atoms with van der Waals surface area (Å²) in [6, 6.07) is 4.99. The number of hydrogen-bond donors (Lipinski definition) is 1. The average molecular weight is 255 g/mol. The summed E-state index contributed by atoms with van der Waals surface area (Å²) >= 11 is 0. The predicted molar refractivity (Wildman–Crippen MR) is 70.3 cm³/mol. The van der Waals surface area contributed by atoms with Gasteiger partial charge in [-0.2, -0.15) is 0 Å². The van der Waals surface area contributed by atoms with E-state index in [4.69, 9.17) is 15.2 Å². The van der Waals surface area contributed by atoms with Crippen LogP contribution in [0.15, 0.2) is 18.2 Å². The lowest BCUT2D eigenvalue weighted by molar-refractivity contribution is 0.152. The molecule has 2 unspecified atom stereocenters. The molecule has 2 atom stereocenters. The van der Waals surface area contributed by atoms with Crippen molar-refractivity contribution >= 4 is 0 Å².